The Bertz CT molecular complexity index is 355. The lowest BCUT2D eigenvalue weighted by Crippen LogP contribution is -2.39. The molecule has 1 N–H and O–H groups in total. The summed E-state index contributed by atoms with van der Waals surface area (Å²) in [7, 11) is 1.70. The number of rotatable bonds is 8. The Hall–Kier alpha value is -0.900. The van der Waals surface area contributed by atoms with Crippen molar-refractivity contribution < 1.29 is 9.47 Å². The summed E-state index contributed by atoms with van der Waals surface area (Å²) < 4.78 is 10.5. The van der Waals surface area contributed by atoms with Gasteiger partial charge in [0.15, 0.2) is 0 Å². The van der Waals surface area contributed by atoms with Crippen molar-refractivity contribution in [3.05, 3.63) is 35.9 Å². The Balaban J connectivity index is 1.76. The predicted molar refractivity (Wildman–Crippen MR) is 82.1 cm³/mol. The molecule has 0 radical (unpaired) electrons. The molecule has 1 aliphatic carbocycles. The summed E-state index contributed by atoms with van der Waals surface area (Å²) >= 11 is 0. The maximum atomic E-state index is 5.52. The van der Waals surface area contributed by atoms with Gasteiger partial charge in [-0.05, 0) is 24.3 Å². The molecule has 0 saturated heterocycles. The first-order valence-corrected chi connectivity index (χ1v) is 7.77. The van der Waals surface area contributed by atoms with Crippen LogP contribution in [0.25, 0.3) is 0 Å². The first kappa shape index (κ1) is 15.5. The van der Waals surface area contributed by atoms with Gasteiger partial charge >= 0.3 is 0 Å². The van der Waals surface area contributed by atoms with Crippen LogP contribution < -0.4 is 5.32 Å². The molecule has 1 aromatic rings. The van der Waals surface area contributed by atoms with Crippen molar-refractivity contribution >= 4 is 0 Å². The van der Waals surface area contributed by atoms with Gasteiger partial charge in [-0.1, -0.05) is 43.2 Å². The zero-order chi connectivity index (χ0) is 14.0. The highest BCUT2D eigenvalue weighted by Gasteiger charge is 2.25. The minimum absolute atomic E-state index is 0.595. The van der Waals surface area contributed by atoms with Crippen LogP contribution in [-0.4, -0.2) is 39.5 Å². The minimum atomic E-state index is 0.595. The quantitative estimate of drug-likeness (QED) is 0.741. The summed E-state index contributed by atoms with van der Waals surface area (Å²) in [5, 5.41) is 3.68. The molecule has 0 bridgehead atoms. The van der Waals surface area contributed by atoms with Gasteiger partial charge in [-0.25, -0.2) is 0 Å². The monoisotopic (exact) mass is 277 g/mol. The molecule has 0 amide bonds. The van der Waals surface area contributed by atoms with Crippen molar-refractivity contribution in [1.82, 2.24) is 5.32 Å². The van der Waals surface area contributed by atoms with Gasteiger partial charge < -0.3 is 14.8 Å². The molecule has 112 valence electrons. The van der Waals surface area contributed by atoms with Crippen LogP contribution in [0.5, 0.6) is 0 Å². The van der Waals surface area contributed by atoms with E-state index in [1.807, 2.05) is 0 Å². The van der Waals surface area contributed by atoms with Gasteiger partial charge in [0.05, 0.1) is 19.8 Å². The summed E-state index contributed by atoms with van der Waals surface area (Å²) in [6.45, 7) is 3.06. The summed E-state index contributed by atoms with van der Waals surface area (Å²) in [5.41, 5.74) is 1.48. The predicted octanol–water partition coefficient (Wildman–Crippen LogP) is 2.97. The van der Waals surface area contributed by atoms with Crippen LogP contribution in [0.3, 0.4) is 0 Å². The van der Waals surface area contributed by atoms with Crippen molar-refractivity contribution in [2.24, 2.45) is 0 Å². The van der Waals surface area contributed by atoms with E-state index in [1.165, 1.54) is 31.2 Å². The standard InChI is InChI=1S/C17H27NO2/c1-19-13-14-20-12-11-18-17-10-6-5-9-16(17)15-7-3-2-4-8-15/h2-4,7-8,16-18H,5-6,9-14H2,1H3. The second kappa shape index (κ2) is 9.11. The maximum Gasteiger partial charge on any atom is 0.0700 e. The fourth-order valence-corrected chi connectivity index (χ4v) is 3.04. The maximum absolute atomic E-state index is 5.52. The Labute approximate surface area is 122 Å². The van der Waals surface area contributed by atoms with Crippen LogP contribution in [0.4, 0.5) is 0 Å². The van der Waals surface area contributed by atoms with Crippen molar-refractivity contribution in [1.29, 1.82) is 0 Å². The molecule has 0 spiro atoms. The molecule has 1 saturated carbocycles. The Kier molecular flexibility index (Phi) is 7.06. The number of benzene rings is 1. The van der Waals surface area contributed by atoms with Gasteiger partial charge in [-0.15, -0.1) is 0 Å². The van der Waals surface area contributed by atoms with Gasteiger partial charge in [-0.3, -0.25) is 0 Å². The molecule has 2 rings (SSSR count). The highest BCUT2D eigenvalue weighted by Crippen LogP contribution is 2.32. The summed E-state index contributed by atoms with van der Waals surface area (Å²) in [4.78, 5) is 0. The van der Waals surface area contributed by atoms with Crippen LogP contribution in [0.15, 0.2) is 30.3 Å². The van der Waals surface area contributed by atoms with Gasteiger partial charge in [0.2, 0.25) is 0 Å². The SMILES string of the molecule is COCCOCCNC1CCCCC1c1ccccc1. The molecule has 2 unspecified atom stereocenters. The first-order valence-electron chi connectivity index (χ1n) is 7.77. The highest BCUT2D eigenvalue weighted by atomic mass is 16.5. The number of nitrogens with one attached hydrogen (secondary N) is 1. The molecule has 20 heavy (non-hydrogen) atoms. The third-order valence-electron chi connectivity index (χ3n) is 4.08. The van der Waals surface area contributed by atoms with E-state index in [4.69, 9.17) is 9.47 Å². The van der Waals surface area contributed by atoms with Crippen molar-refractivity contribution in [2.45, 2.75) is 37.6 Å². The second-order valence-electron chi connectivity index (χ2n) is 5.47. The fourth-order valence-electron chi connectivity index (χ4n) is 3.04. The zero-order valence-corrected chi connectivity index (χ0v) is 12.5. The average Bonchev–Trinajstić information content (AvgIpc) is 2.52. The van der Waals surface area contributed by atoms with Crippen LogP contribution in [0, 0.1) is 0 Å². The molecule has 3 heteroatoms. The lowest BCUT2D eigenvalue weighted by molar-refractivity contribution is 0.0701. The number of ether oxygens (including phenoxy) is 2. The van der Waals surface area contributed by atoms with Crippen LogP contribution >= 0.6 is 0 Å². The van der Waals surface area contributed by atoms with Crippen LogP contribution in [-0.2, 0) is 9.47 Å². The molecule has 3 nitrogen and oxygen atoms in total. The third-order valence-corrected chi connectivity index (χ3v) is 4.08. The van der Waals surface area contributed by atoms with E-state index in [-0.39, 0.29) is 0 Å². The highest BCUT2D eigenvalue weighted by molar-refractivity contribution is 5.21. The fraction of sp³-hybridized carbons (Fsp3) is 0.647. The number of hydrogen-bond acceptors (Lipinski definition) is 3. The van der Waals surface area contributed by atoms with E-state index < -0.39 is 0 Å². The molecule has 1 aliphatic rings. The summed E-state index contributed by atoms with van der Waals surface area (Å²) in [6, 6.07) is 11.5. The molecule has 1 fully saturated rings. The summed E-state index contributed by atoms with van der Waals surface area (Å²) in [6.07, 6.45) is 5.26. The largest absolute Gasteiger partial charge is 0.382 e. The van der Waals surface area contributed by atoms with Gasteiger partial charge in [-0.2, -0.15) is 0 Å². The molecular weight excluding hydrogens is 250 g/mol. The molecule has 1 aromatic carbocycles. The first-order chi connectivity index (χ1) is 9.92. The average molecular weight is 277 g/mol. The van der Waals surface area contributed by atoms with Crippen LogP contribution in [0.1, 0.15) is 37.2 Å². The lowest BCUT2D eigenvalue weighted by Gasteiger charge is -2.32. The van der Waals surface area contributed by atoms with Gasteiger partial charge in [0, 0.05) is 19.7 Å². The van der Waals surface area contributed by atoms with E-state index in [9.17, 15) is 0 Å². The van der Waals surface area contributed by atoms with E-state index in [1.54, 1.807) is 7.11 Å². The van der Waals surface area contributed by atoms with E-state index >= 15 is 0 Å². The van der Waals surface area contributed by atoms with Crippen molar-refractivity contribution in [3.63, 3.8) is 0 Å². The summed E-state index contributed by atoms with van der Waals surface area (Å²) in [5.74, 6) is 0.656. The third kappa shape index (κ3) is 4.89. The van der Waals surface area contributed by atoms with E-state index in [0.717, 1.165) is 13.2 Å². The second-order valence-corrected chi connectivity index (χ2v) is 5.47. The smallest absolute Gasteiger partial charge is 0.0700 e. The zero-order valence-electron chi connectivity index (χ0n) is 12.5. The van der Waals surface area contributed by atoms with Crippen molar-refractivity contribution in [3.8, 4) is 0 Å². The Morgan fingerprint density at radius 1 is 1.05 bits per heavy atom. The normalized spacial score (nSPS) is 22.9. The molecule has 0 aromatic heterocycles. The lowest BCUT2D eigenvalue weighted by atomic mass is 9.80. The van der Waals surface area contributed by atoms with E-state index in [0.29, 0.717) is 25.2 Å². The van der Waals surface area contributed by atoms with E-state index in [2.05, 4.69) is 35.6 Å². The minimum Gasteiger partial charge on any atom is -0.382 e. The molecular formula is C17H27NO2. The topological polar surface area (TPSA) is 30.5 Å². The van der Waals surface area contributed by atoms with Gasteiger partial charge in [0.1, 0.15) is 0 Å². The Morgan fingerprint density at radius 3 is 2.65 bits per heavy atom. The molecule has 2 atom stereocenters. The van der Waals surface area contributed by atoms with Gasteiger partial charge in [0.25, 0.3) is 0 Å². The number of hydrogen-bond donors (Lipinski definition) is 1. The molecule has 0 heterocycles. The van der Waals surface area contributed by atoms with Crippen molar-refractivity contribution in [2.75, 3.05) is 33.5 Å². The van der Waals surface area contributed by atoms with Crippen LogP contribution in [0.2, 0.25) is 0 Å². The Morgan fingerprint density at radius 2 is 1.85 bits per heavy atom. The number of methoxy groups -OCH3 is 1. The molecule has 0 aliphatic heterocycles.